The number of amides is 2. The number of nitrogens with one attached hydrogen (secondary N) is 2. The Labute approximate surface area is 121 Å². The molecule has 0 aromatic carbocycles. The monoisotopic (exact) mass is 286 g/mol. The molecular weight excluding hydrogens is 272 g/mol. The number of rotatable bonds is 5. The van der Waals surface area contributed by atoms with Crippen molar-refractivity contribution in [1.29, 1.82) is 0 Å². The summed E-state index contributed by atoms with van der Waals surface area (Å²) in [7, 11) is 0. The predicted octanol–water partition coefficient (Wildman–Crippen LogP) is -0.185. The average molecular weight is 286 g/mol. The highest BCUT2D eigenvalue weighted by atomic mass is 16.2. The highest BCUT2D eigenvalue weighted by Crippen LogP contribution is 1.93. The third kappa shape index (κ3) is 4.30. The molecule has 0 aliphatic heterocycles. The normalized spacial score (nSPS) is 11.5. The Balaban J connectivity index is 1.81. The Morgan fingerprint density at radius 2 is 1.57 bits per heavy atom. The number of hydrogen-bond acceptors (Lipinski definition) is 6. The van der Waals surface area contributed by atoms with Crippen LogP contribution in [0, 0.1) is 0 Å². The van der Waals surface area contributed by atoms with Crippen molar-refractivity contribution in [3.63, 3.8) is 0 Å². The molecule has 21 heavy (non-hydrogen) atoms. The first-order valence-corrected chi connectivity index (χ1v) is 6.28. The van der Waals surface area contributed by atoms with Gasteiger partial charge in [0.2, 0.25) is 0 Å². The lowest BCUT2D eigenvalue weighted by Gasteiger charge is -2.14. The van der Waals surface area contributed by atoms with Crippen molar-refractivity contribution < 1.29 is 9.59 Å². The molecule has 2 amide bonds. The average Bonchev–Trinajstić information content (AvgIpc) is 2.54. The second kappa shape index (κ2) is 7.04. The zero-order chi connectivity index (χ0) is 15.1. The molecule has 2 N–H and O–H groups in total. The van der Waals surface area contributed by atoms with Gasteiger partial charge in [0.1, 0.15) is 11.4 Å². The van der Waals surface area contributed by atoms with Gasteiger partial charge in [-0.15, -0.1) is 0 Å². The molecule has 2 aromatic rings. The molecule has 2 heterocycles. The second-order valence-electron chi connectivity index (χ2n) is 4.27. The van der Waals surface area contributed by atoms with Gasteiger partial charge in [-0.05, 0) is 6.92 Å². The van der Waals surface area contributed by atoms with E-state index in [0.29, 0.717) is 0 Å². The van der Waals surface area contributed by atoms with E-state index in [1.165, 1.54) is 37.2 Å². The summed E-state index contributed by atoms with van der Waals surface area (Å²) in [6.07, 6.45) is 8.60. The summed E-state index contributed by atoms with van der Waals surface area (Å²) in [5.41, 5.74) is 0.453. The topological polar surface area (TPSA) is 110 Å². The van der Waals surface area contributed by atoms with E-state index in [0.717, 1.165) is 0 Å². The minimum atomic E-state index is -0.344. The number of carbonyl (C=O) groups excluding carboxylic acids is 2. The summed E-state index contributed by atoms with van der Waals surface area (Å²) in [4.78, 5) is 39.0. The van der Waals surface area contributed by atoms with Gasteiger partial charge in [-0.25, -0.2) is 9.97 Å². The van der Waals surface area contributed by atoms with E-state index in [1.54, 1.807) is 6.92 Å². The Hall–Kier alpha value is -2.90. The van der Waals surface area contributed by atoms with Crippen LogP contribution in [0.15, 0.2) is 37.2 Å². The minimum absolute atomic E-state index is 0.226. The summed E-state index contributed by atoms with van der Waals surface area (Å²) >= 11 is 0. The van der Waals surface area contributed by atoms with Crippen LogP contribution in [-0.2, 0) is 0 Å². The quantitative estimate of drug-likeness (QED) is 0.788. The smallest absolute Gasteiger partial charge is 0.271 e. The molecule has 0 unspecified atom stereocenters. The van der Waals surface area contributed by atoms with E-state index < -0.39 is 0 Å². The second-order valence-corrected chi connectivity index (χ2v) is 4.27. The molecule has 0 saturated carbocycles. The molecule has 108 valence electrons. The van der Waals surface area contributed by atoms with Crippen LogP contribution in [0.25, 0.3) is 0 Å². The fourth-order valence-corrected chi connectivity index (χ4v) is 1.52. The van der Waals surface area contributed by atoms with Crippen molar-refractivity contribution >= 4 is 11.8 Å². The molecule has 8 heteroatoms. The Kier molecular flexibility index (Phi) is 4.86. The van der Waals surface area contributed by atoms with E-state index in [-0.39, 0.29) is 35.8 Å². The maximum absolute atomic E-state index is 11.8. The SMILES string of the molecule is C[C@@H](CNC(=O)c1cnccn1)NC(=O)c1cnccn1. The number of carbonyl (C=O) groups is 2. The van der Waals surface area contributed by atoms with Gasteiger partial charge < -0.3 is 10.6 Å². The van der Waals surface area contributed by atoms with Crippen molar-refractivity contribution in [1.82, 2.24) is 30.6 Å². The Morgan fingerprint density at radius 3 is 2.10 bits per heavy atom. The molecule has 1 atom stereocenters. The molecule has 0 radical (unpaired) electrons. The van der Waals surface area contributed by atoms with E-state index in [1.807, 2.05) is 0 Å². The lowest BCUT2D eigenvalue weighted by atomic mass is 10.3. The number of aromatic nitrogens is 4. The highest BCUT2D eigenvalue weighted by molar-refractivity contribution is 5.93. The highest BCUT2D eigenvalue weighted by Gasteiger charge is 2.13. The van der Waals surface area contributed by atoms with Gasteiger partial charge in [-0.3, -0.25) is 19.6 Å². The van der Waals surface area contributed by atoms with E-state index in [2.05, 4.69) is 30.6 Å². The summed E-state index contributed by atoms with van der Waals surface area (Å²) in [6.45, 7) is 2.03. The fourth-order valence-electron chi connectivity index (χ4n) is 1.52. The maximum atomic E-state index is 11.8. The Morgan fingerprint density at radius 1 is 1.00 bits per heavy atom. The molecule has 0 bridgehead atoms. The number of nitrogens with zero attached hydrogens (tertiary/aromatic N) is 4. The van der Waals surface area contributed by atoms with Crippen molar-refractivity contribution in [3.05, 3.63) is 48.6 Å². The van der Waals surface area contributed by atoms with Crippen molar-refractivity contribution in [2.45, 2.75) is 13.0 Å². The van der Waals surface area contributed by atoms with Crippen LogP contribution < -0.4 is 10.6 Å². The lowest BCUT2D eigenvalue weighted by Crippen LogP contribution is -2.42. The molecule has 0 fully saturated rings. The molecule has 0 spiro atoms. The van der Waals surface area contributed by atoms with Crippen molar-refractivity contribution in [2.75, 3.05) is 6.54 Å². The van der Waals surface area contributed by atoms with Gasteiger partial charge in [-0.1, -0.05) is 0 Å². The molecule has 8 nitrogen and oxygen atoms in total. The van der Waals surface area contributed by atoms with Crippen LogP contribution in [0.4, 0.5) is 0 Å². The van der Waals surface area contributed by atoms with Gasteiger partial charge in [0.05, 0.1) is 12.4 Å². The largest absolute Gasteiger partial charge is 0.349 e. The van der Waals surface area contributed by atoms with E-state index >= 15 is 0 Å². The fraction of sp³-hybridized carbons (Fsp3) is 0.231. The molecule has 0 aliphatic carbocycles. The molecular formula is C13H14N6O2. The van der Waals surface area contributed by atoms with Crippen LogP contribution in [0.3, 0.4) is 0 Å². The first-order valence-electron chi connectivity index (χ1n) is 6.28. The van der Waals surface area contributed by atoms with Crippen LogP contribution in [0.1, 0.15) is 27.9 Å². The Bertz CT molecular complexity index is 605. The molecule has 0 saturated heterocycles. The zero-order valence-electron chi connectivity index (χ0n) is 11.4. The zero-order valence-corrected chi connectivity index (χ0v) is 11.4. The summed E-state index contributed by atoms with van der Waals surface area (Å²) in [5, 5.41) is 5.37. The van der Waals surface area contributed by atoms with Crippen LogP contribution in [0.5, 0.6) is 0 Å². The third-order valence-electron chi connectivity index (χ3n) is 2.54. The predicted molar refractivity (Wildman–Crippen MR) is 73.3 cm³/mol. The van der Waals surface area contributed by atoms with Crippen molar-refractivity contribution in [2.24, 2.45) is 0 Å². The van der Waals surface area contributed by atoms with E-state index in [4.69, 9.17) is 0 Å². The maximum Gasteiger partial charge on any atom is 0.271 e. The number of hydrogen-bond donors (Lipinski definition) is 2. The van der Waals surface area contributed by atoms with Crippen LogP contribution in [-0.4, -0.2) is 44.3 Å². The van der Waals surface area contributed by atoms with Gasteiger partial charge >= 0.3 is 0 Å². The first-order chi connectivity index (χ1) is 10.2. The first kappa shape index (κ1) is 14.5. The lowest BCUT2D eigenvalue weighted by molar-refractivity contribution is 0.0907. The standard InChI is InChI=1S/C13H14N6O2/c1-9(19-13(21)11-8-15-3-5-17-11)6-18-12(20)10-7-14-2-4-16-10/h2-5,7-9H,6H2,1H3,(H,18,20)(H,19,21)/t9-/m0/s1. The van der Waals surface area contributed by atoms with Gasteiger partial charge in [0.15, 0.2) is 0 Å². The summed E-state index contributed by atoms with van der Waals surface area (Å²) in [5.74, 6) is -0.687. The minimum Gasteiger partial charge on any atom is -0.349 e. The van der Waals surface area contributed by atoms with Gasteiger partial charge in [0, 0.05) is 37.4 Å². The van der Waals surface area contributed by atoms with E-state index in [9.17, 15) is 9.59 Å². The van der Waals surface area contributed by atoms with Gasteiger partial charge in [-0.2, -0.15) is 0 Å². The summed E-state index contributed by atoms with van der Waals surface area (Å²) < 4.78 is 0. The van der Waals surface area contributed by atoms with Gasteiger partial charge in [0.25, 0.3) is 11.8 Å². The summed E-state index contributed by atoms with van der Waals surface area (Å²) in [6, 6.07) is -0.264. The van der Waals surface area contributed by atoms with Crippen LogP contribution >= 0.6 is 0 Å². The van der Waals surface area contributed by atoms with Crippen LogP contribution in [0.2, 0.25) is 0 Å². The molecule has 2 rings (SSSR count). The molecule has 2 aromatic heterocycles. The van der Waals surface area contributed by atoms with Crippen molar-refractivity contribution in [3.8, 4) is 0 Å². The third-order valence-corrected chi connectivity index (χ3v) is 2.54. The molecule has 0 aliphatic rings.